The lowest BCUT2D eigenvalue weighted by Crippen LogP contribution is -2.46. The fraction of sp³-hybridized carbons (Fsp3) is 0.692. The number of aliphatic hydroxyl groups excluding tert-OH is 1. The Morgan fingerprint density at radius 3 is 3.00 bits per heavy atom. The summed E-state index contributed by atoms with van der Waals surface area (Å²) < 4.78 is 1.71. The van der Waals surface area contributed by atoms with E-state index in [1.807, 2.05) is 27.1 Å². The molecule has 0 saturated carbocycles. The molecule has 1 aromatic rings. The van der Waals surface area contributed by atoms with E-state index in [0.29, 0.717) is 19.5 Å². The van der Waals surface area contributed by atoms with Gasteiger partial charge in [0.1, 0.15) is 0 Å². The van der Waals surface area contributed by atoms with Gasteiger partial charge in [-0.15, -0.1) is 0 Å². The van der Waals surface area contributed by atoms with Crippen LogP contribution in [0.4, 0.5) is 10.5 Å². The number of anilines is 1. The number of piperidine rings is 1. The number of carbonyl (C=O) groups excluding carboxylic acids is 1. The fourth-order valence-corrected chi connectivity index (χ4v) is 2.41. The molecule has 1 saturated heterocycles. The number of hydrogen-bond acceptors (Lipinski definition) is 3. The number of aliphatic hydroxyl groups is 1. The summed E-state index contributed by atoms with van der Waals surface area (Å²) in [4.78, 5) is 13.9. The maximum absolute atomic E-state index is 12.2. The first kappa shape index (κ1) is 13.9. The van der Waals surface area contributed by atoms with Crippen LogP contribution in [0.15, 0.2) is 6.20 Å². The molecule has 106 valence electrons. The van der Waals surface area contributed by atoms with Gasteiger partial charge in [0.05, 0.1) is 17.5 Å². The molecular formula is C13H22N4O2. The van der Waals surface area contributed by atoms with Crippen molar-refractivity contribution >= 4 is 11.7 Å². The number of rotatable bonds is 2. The lowest BCUT2D eigenvalue weighted by molar-refractivity contribution is 0.0506. The first-order valence-corrected chi connectivity index (χ1v) is 6.77. The zero-order chi connectivity index (χ0) is 14.0. The summed E-state index contributed by atoms with van der Waals surface area (Å²) in [5, 5.41) is 16.9. The molecule has 2 unspecified atom stereocenters. The zero-order valence-corrected chi connectivity index (χ0v) is 11.8. The van der Waals surface area contributed by atoms with Crippen LogP contribution in [0.1, 0.15) is 26.0 Å². The molecule has 1 aliphatic heterocycles. The Kier molecular flexibility index (Phi) is 4.09. The highest BCUT2D eigenvalue weighted by atomic mass is 16.3. The largest absolute Gasteiger partial charge is 0.393 e. The number of urea groups is 1. The van der Waals surface area contributed by atoms with Crippen molar-refractivity contribution in [3.8, 4) is 0 Å². The highest BCUT2D eigenvalue weighted by Crippen LogP contribution is 2.19. The minimum atomic E-state index is -0.298. The Hall–Kier alpha value is -1.56. The minimum Gasteiger partial charge on any atom is -0.393 e. The Labute approximate surface area is 113 Å². The van der Waals surface area contributed by atoms with Gasteiger partial charge in [0.2, 0.25) is 0 Å². The van der Waals surface area contributed by atoms with Crippen molar-refractivity contribution in [2.24, 2.45) is 13.0 Å². The molecule has 19 heavy (non-hydrogen) atoms. The average Bonchev–Trinajstić information content (AvgIpc) is 2.72. The summed E-state index contributed by atoms with van der Waals surface area (Å²) in [6.07, 6.45) is 2.95. The third-order valence-corrected chi connectivity index (χ3v) is 3.63. The van der Waals surface area contributed by atoms with E-state index < -0.39 is 0 Å². The second-order valence-corrected chi connectivity index (χ2v) is 5.23. The number of aromatic nitrogens is 2. The molecule has 0 spiro atoms. The molecule has 0 aliphatic carbocycles. The number of nitrogens with one attached hydrogen (secondary N) is 1. The van der Waals surface area contributed by atoms with Crippen molar-refractivity contribution in [3.05, 3.63) is 11.9 Å². The Bertz CT molecular complexity index is 457. The summed E-state index contributed by atoms with van der Waals surface area (Å²) in [5.41, 5.74) is 1.66. The molecule has 1 aliphatic rings. The second-order valence-electron chi connectivity index (χ2n) is 5.23. The van der Waals surface area contributed by atoms with Crippen LogP contribution in [0.2, 0.25) is 0 Å². The van der Waals surface area contributed by atoms with E-state index in [0.717, 1.165) is 17.8 Å². The van der Waals surface area contributed by atoms with Crippen LogP contribution >= 0.6 is 0 Å². The Morgan fingerprint density at radius 1 is 1.63 bits per heavy atom. The smallest absolute Gasteiger partial charge is 0.321 e. The third-order valence-electron chi connectivity index (χ3n) is 3.63. The van der Waals surface area contributed by atoms with Crippen molar-refractivity contribution in [2.45, 2.75) is 32.8 Å². The van der Waals surface area contributed by atoms with E-state index in [1.54, 1.807) is 9.58 Å². The Morgan fingerprint density at radius 2 is 2.37 bits per heavy atom. The molecule has 6 nitrogen and oxygen atoms in total. The fourth-order valence-electron chi connectivity index (χ4n) is 2.41. The predicted molar refractivity (Wildman–Crippen MR) is 73.0 cm³/mol. The molecule has 2 amide bonds. The number of aryl methyl sites for hydroxylation is 2. The molecule has 0 bridgehead atoms. The molecule has 6 heteroatoms. The molecule has 2 atom stereocenters. The summed E-state index contributed by atoms with van der Waals surface area (Å²) >= 11 is 0. The molecule has 0 radical (unpaired) electrons. The van der Waals surface area contributed by atoms with E-state index >= 15 is 0 Å². The van der Waals surface area contributed by atoms with Gasteiger partial charge in [-0.05, 0) is 18.8 Å². The molecule has 1 fully saturated rings. The van der Waals surface area contributed by atoms with E-state index in [-0.39, 0.29) is 18.1 Å². The van der Waals surface area contributed by atoms with Crippen LogP contribution in [0.3, 0.4) is 0 Å². The number of carbonyl (C=O) groups is 1. The van der Waals surface area contributed by atoms with Gasteiger partial charge >= 0.3 is 6.03 Å². The normalized spacial score (nSPS) is 23.5. The van der Waals surface area contributed by atoms with Gasteiger partial charge in [0.25, 0.3) is 0 Å². The van der Waals surface area contributed by atoms with Crippen molar-refractivity contribution in [1.82, 2.24) is 14.7 Å². The monoisotopic (exact) mass is 266 g/mol. The highest BCUT2D eigenvalue weighted by Gasteiger charge is 2.27. The SMILES string of the molecule is CCc1nn(C)cc1NC(=O)N1CCC(O)C(C)C1. The first-order chi connectivity index (χ1) is 9.01. The standard InChI is InChI=1S/C13H22N4O2/c1-4-10-11(8-16(3)15-10)14-13(19)17-6-5-12(18)9(2)7-17/h8-9,12,18H,4-7H2,1-3H3,(H,14,19). The number of likely N-dealkylation sites (tertiary alicyclic amines) is 1. The maximum atomic E-state index is 12.2. The summed E-state index contributed by atoms with van der Waals surface area (Å²) in [5.74, 6) is 0.124. The second kappa shape index (κ2) is 5.61. The molecule has 2 rings (SSSR count). The van der Waals surface area contributed by atoms with Crippen molar-refractivity contribution in [1.29, 1.82) is 0 Å². The van der Waals surface area contributed by atoms with Gasteiger partial charge in [0.15, 0.2) is 0 Å². The van der Waals surface area contributed by atoms with Gasteiger partial charge in [-0.3, -0.25) is 4.68 Å². The summed E-state index contributed by atoms with van der Waals surface area (Å²) in [6.45, 7) is 5.16. The summed E-state index contributed by atoms with van der Waals surface area (Å²) in [7, 11) is 1.84. The van der Waals surface area contributed by atoms with Crippen LogP contribution in [-0.2, 0) is 13.5 Å². The average molecular weight is 266 g/mol. The molecule has 2 heterocycles. The van der Waals surface area contributed by atoms with Crippen molar-refractivity contribution in [3.63, 3.8) is 0 Å². The van der Waals surface area contributed by atoms with Gasteiger partial charge < -0.3 is 15.3 Å². The van der Waals surface area contributed by atoms with Crippen molar-refractivity contribution in [2.75, 3.05) is 18.4 Å². The van der Waals surface area contributed by atoms with Gasteiger partial charge in [-0.25, -0.2) is 4.79 Å². The number of nitrogens with zero attached hydrogens (tertiary/aromatic N) is 3. The van der Waals surface area contributed by atoms with Crippen LogP contribution < -0.4 is 5.32 Å². The van der Waals surface area contributed by atoms with Gasteiger partial charge in [-0.2, -0.15) is 5.10 Å². The molecule has 0 aromatic carbocycles. The first-order valence-electron chi connectivity index (χ1n) is 6.77. The van der Waals surface area contributed by atoms with Crippen LogP contribution in [0.5, 0.6) is 0 Å². The lowest BCUT2D eigenvalue weighted by atomic mass is 9.97. The molecule has 1 aromatic heterocycles. The van der Waals surface area contributed by atoms with E-state index in [4.69, 9.17) is 0 Å². The van der Waals surface area contributed by atoms with E-state index in [2.05, 4.69) is 10.4 Å². The van der Waals surface area contributed by atoms with Crippen LogP contribution in [-0.4, -0.2) is 45.0 Å². The number of hydrogen-bond donors (Lipinski definition) is 2. The quantitative estimate of drug-likeness (QED) is 0.845. The lowest BCUT2D eigenvalue weighted by Gasteiger charge is -2.34. The van der Waals surface area contributed by atoms with E-state index in [1.165, 1.54) is 0 Å². The summed E-state index contributed by atoms with van der Waals surface area (Å²) in [6, 6.07) is -0.110. The third kappa shape index (κ3) is 3.07. The predicted octanol–water partition coefficient (Wildman–Crippen LogP) is 1.22. The van der Waals surface area contributed by atoms with Crippen molar-refractivity contribution < 1.29 is 9.90 Å². The molecular weight excluding hydrogens is 244 g/mol. The maximum Gasteiger partial charge on any atom is 0.321 e. The minimum absolute atomic E-state index is 0.110. The number of amides is 2. The zero-order valence-electron chi connectivity index (χ0n) is 11.8. The highest BCUT2D eigenvalue weighted by molar-refractivity contribution is 5.89. The van der Waals surface area contributed by atoms with Crippen LogP contribution in [0, 0.1) is 5.92 Å². The van der Waals surface area contributed by atoms with E-state index in [9.17, 15) is 9.90 Å². The topological polar surface area (TPSA) is 70.4 Å². The molecule has 2 N–H and O–H groups in total. The van der Waals surface area contributed by atoms with Gasteiger partial charge in [-0.1, -0.05) is 13.8 Å². The van der Waals surface area contributed by atoms with Crippen LogP contribution in [0.25, 0.3) is 0 Å². The Balaban J connectivity index is 2.01. The van der Waals surface area contributed by atoms with Gasteiger partial charge in [0, 0.05) is 26.3 Å².